The lowest BCUT2D eigenvalue weighted by atomic mass is 9.99. The number of carboxylic acid groups (broad SMARTS) is 1. The fraction of sp³-hybridized carbons (Fsp3) is 0.421. The normalized spacial score (nSPS) is 22.9. The number of fused-ring (bicyclic) bond motifs is 1. The average Bonchev–Trinajstić information content (AvgIpc) is 3.58. The Bertz CT molecular complexity index is 1100. The Morgan fingerprint density at radius 2 is 2.17 bits per heavy atom. The molecule has 0 amide bonds. The van der Waals surface area contributed by atoms with Crippen LogP contribution in [-0.2, 0) is 4.79 Å². The number of carbonyl (C=O) groups is 2. The number of alkyl halides is 1. The highest BCUT2D eigenvalue weighted by molar-refractivity contribution is 6.38. The summed E-state index contributed by atoms with van der Waals surface area (Å²) in [5.41, 5.74) is 3.85. The van der Waals surface area contributed by atoms with E-state index in [-0.39, 0.29) is 34.6 Å². The first-order valence-corrected chi connectivity index (χ1v) is 9.48. The van der Waals surface area contributed by atoms with E-state index in [1.165, 1.54) is 4.57 Å². The third-order valence-electron chi connectivity index (χ3n) is 5.78. The maximum Gasteiger partial charge on any atom is 0.341 e. The first kappa shape index (κ1) is 19.8. The quantitative estimate of drug-likeness (QED) is 0.587. The number of rotatable bonds is 7. The summed E-state index contributed by atoms with van der Waals surface area (Å²) in [5, 5.41) is 11.7. The van der Waals surface area contributed by atoms with Crippen molar-refractivity contribution < 1.29 is 23.5 Å². The topological polar surface area (TPSA) is 114 Å². The number of aromatic nitrogens is 1. The number of benzene rings is 1. The monoisotopic (exact) mass is 425 g/mol. The molecule has 0 radical (unpaired) electrons. The number of nitrogens with zero attached hydrogens (tertiary/aromatic N) is 1. The minimum Gasteiger partial charge on any atom is -0.477 e. The van der Waals surface area contributed by atoms with Gasteiger partial charge in [-0.1, -0.05) is 11.6 Å². The second-order valence-electron chi connectivity index (χ2n) is 7.69. The Morgan fingerprint density at radius 3 is 2.69 bits per heavy atom. The zero-order valence-corrected chi connectivity index (χ0v) is 15.9. The molecule has 154 valence electrons. The number of hydrogen-bond acceptors (Lipinski definition) is 5. The number of carbonyl (C=O) groups excluding carboxylic acids is 1. The standard InChI is InChI=1S/C19H18ClF2N3O4/c20-14-15(24-5-13(23)19(7-26)1-2-19)11(22)3-8-16(14)25(12-4-10(12)21)6-9(17(8)27)18(28)29/h3,6-7,10,12-13,24H,1-2,4-5,23H2,(H,28,29)/t10-,12+,13+/m0/s1. The molecular formula is C19H18ClF2N3O4. The lowest BCUT2D eigenvalue weighted by Crippen LogP contribution is -2.39. The Balaban J connectivity index is 1.81. The summed E-state index contributed by atoms with van der Waals surface area (Å²) in [7, 11) is 0. The van der Waals surface area contributed by atoms with Crippen LogP contribution in [0.4, 0.5) is 14.5 Å². The Labute approximate surface area is 168 Å². The summed E-state index contributed by atoms with van der Waals surface area (Å²) >= 11 is 6.38. The molecule has 0 bridgehead atoms. The van der Waals surface area contributed by atoms with Gasteiger partial charge in [-0.25, -0.2) is 13.6 Å². The van der Waals surface area contributed by atoms with Gasteiger partial charge in [0.05, 0.1) is 27.7 Å². The summed E-state index contributed by atoms with van der Waals surface area (Å²) < 4.78 is 29.8. The molecule has 1 aromatic carbocycles. The van der Waals surface area contributed by atoms with Crippen molar-refractivity contribution in [3.63, 3.8) is 0 Å². The Morgan fingerprint density at radius 1 is 1.52 bits per heavy atom. The number of aromatic carboxylic acids is 1. The number of nitrogens with one attached hydrogen (secondary N) is 1. The highest BCUT2D eigenvalue weighted by Gasteiger charge is 2.48. The van der Waals surface area contributed by atoms with Gasteiger partial charge in [0.15, 0.2) is 0 Å². The molecule has 29 heavy (non-hydrogen) atoms. The maximum absolute atomic E-state index is 14.7. The van der Waals surface area contributed by atoms with Crippen LogP contribution in [0.3, 0.4) is 0 Å². The van der Waals surface area contributed by atoms with Crippen LogP contribution in [0.5, 0.6) is 0 Å². The predicted octanol–water partition coefficient (Wildman–Crippen LogP) is 2.49. The number of carboxylic acids is 1. The first-order chi connectivity index (χ1) is 13.7. The van der Waals surface area contributed by atoms with Gasteiger partial charge in [-0.2, -0.15) is 0 Å². The highest BCUT2D eigenvalue weighted by atomic mass is 35.5. The average molecular weight is 426 g/mol. The van der Waals surface area contributed by atoms with E-state index >= 15 is 0 Å². The summed E-state index contributed by atoms with van der Waals surface area (Å²) in [6.07, 6.45) is 2.09. The number of anilines is 1. The second-order valence-corrected chi connectivity index (χ2v) is 8.06. The van der Waals surface area contributed by atoms with Gasteiger partial charge in [0.1, 0.15) is 23.8 Å². The van der Waals surface area contributed by atoms with Gasteiger partial charge in [0.2, 0.25) is 5.43 Å². The fourth-order valence-electron chi connectivity index (χ4n) is 3.59. The molecule has 0 unspecified atom stereocenters. The van der Waals surface area contributed by atoms with Crippen LogP contribution >= 0.6 is 11.6 Å². The van der Waals surface area contributed by atoms with Gasteiger partial charge in [-0.15, -0.1) is 0 Å². The molecule has 2 fully saturated rings. The molecule has 1 heterocycles. The van der Waals surface area contributed by atoms with Crippen molar-refractivity contribution in [3.8, 4) is 0 Å². The van der Waals surface area contributed by atoms with Gasteiger partial charge < -0.3 is 25.5 Å². The number of aldehydes is 1. The van der Waals surface area contributed by atoms with E-state index in [1.54, 1.807) is 0 Å². The fourth-order valence-corrected chi connectivity index (χ4v) is 3.95. The van der Waals surface area contributed by atoms with Crippen LogP contribution < -0.4 is 16.5 Å². The second kappa shape index (κ2) is 6.77. The molecule has 7 nitrogen and oxygen atoms in total. The van der Waals surface area contributed by atoms with E-state index in [9.17, 15) is 28.3 Å². The van der Waals surface area contributed by atoms with Crippen LogP contribution in [0.1, 0.15) is 35.7 Å². The summed E-state index contributed by atoms with van der Waals surface area (Å²) in [4.78, 5) is 35.1. The molecule has 10 heteroatoms. The number of hydrogen-bond donors (Lipinski definition) is 3. The number of halogens is 3. The Kier molecular flexibility index (Phi) is 4.62. The smallest absolute Gasteiger partial charge is 0.341 e. The van der Waals surface area contributed by atoms with Gasteiger partial charge in [-0.3, -0.25) is 4.79 Å². The van der Waals surface area contributed by atoms with Crippen molar-refractivity contribution in [2.24, 2.45) is 11.1 Å². The van der Waals surface area contributed by atoms with E-state index < -0.39 is 46.4 Å². The lowest BCUT2D eigenvalue weighted by Gasteiger charge is -2.21. The van der Waals surface area contributed by atoms with Crippen molar-refractivity contribution in [2.45, 2.75) is 37.5 Å². The Hall–Kier alpha value is -2.52. The largest absolute Gasteiger partial charge is 0.477 e. The molecule has 2 aliphatic carbocycles. The number of pyridine rings is 1. The summed E-state index contributed by atoms with van der Waals surface area (Å²) in [6, 6.07) is -0.344. The highest BCUT2D eigenvalue weighted by Crippen LogP contribution is 2.46. The molecular weight excluding hydrogens is 408 g/mol. The van der Waals surface area contributed by atoms with E-state index in [2.05, 4.69) is 5.32 Å². The number of nitrogens with two attached hydrogens (primary N) is 1. The van der Waals surface area contributed by atoms with Gasteiger partial charge in [-0.05, 0) is 18.9 Å². The molecule has 2 aliphatic rings. The third kappa shape index (κ3) is 3.18. The SMILES string of the molecule is N[C@H](CNc1c(F)cc2c(=O)c(C(=O)O)cn([C@@H]3C[C@@H]3F)c2c1Cl)C1(C=O)CC1. The molecule has 0 aliphatic heterocycles. The van der Waals surface area contributed by atoms with Gasteiger partial charge >= 0.3 is 5.97 Å². The molecule has 4 rings (SSSR count). The van der Waals surface area contributed by atoms with Gasteiger partial charge in [0, 0.05) is 30.6 Å². The van der Waals surface area contributed by atoms with Crippen LogP contribution in [0.25, 0.3) is 10.9 Å². The van der Waals surface area contributed by atoms with Crippen LogP contribution in [0.2, 0.25) is 5.02 Å². The van der Waals surface area contributed by atoms with Crippen molar-refractivity contribution in [1.82, 2.24) is 4.57 Å². The lowest BCUT2D eigenvalue weighted by molar-refractivity contribution is -0.112. The van der Waals surface area contributed by atoms with Crippen LogP contribution in [-0.4, -0.2) is 40.7 Å². The molecule has 2 aromatic rings. The van der Waals surface area contributed by atoms with E-state index in [0.717, 1.165) is 18.5 Å². The maximum atomic E-state index is 14.7. The van der Waals surface area contributed by atoms with Crippen molar-refractivity contribution >= 4 is 40.4 Å². The minimum absolute atomic E-state index is 0.0563. The van der Waals surface area contributed by atoms with E-state index in [4.69, 9.17) is 17.3 Å². The summed E-state index contributed by atoms with van der Waals surface area (Å²) in [6.45, 7) is 0.0630. The van der Waals surface area contributed by atoms with Crippen molar-refractivity contribution in [3.05, 3.63) is 38.9 Å². The zero-order valence-electron chi connectivity index (χ0n) is 15.1. The van der Waals surface area contributed by atoms with Crippen LogP contribution in [0.15, 0.2) is 17.1 Å². The molecule has 1 aromatic heterocycles. The first-order valence-electron chi connectivity index (χ1n) is 9.10. The molecule has 3 atom stereocenters. The summed E-state index contributed by atoms with van der Waals surface area (Å²) in [5.74, 6) is -2.36. The molecule has 0 saturated heterocycles. The predicted molar refractivity (Wildman–Crippen MR) is 103 cm³/mol. The van der Waals surface area contributed by atoms with Gasteiger partial charge in [0.25, 0.3) is 0 Å². The molecule has 2 saturated carbocycles. The van der Waals surface area contributed by atoms with E-state index in [1.807, 2.05) is 0 Å². The van der Waals surface area contributed by atoms with Crippen molar-refractivity contribution in [2.75, 3.05) is 11.9 Å². The minimum atomic E-state index is -1.49. The third-order valence-corrected chi connectivity index (χ3v) is 6.14. The van der Waals surface area contributed by atoms with Crippen molar-refractivity contribution in [1.29, 1.82) is 0 Å². The van der Waals surface area contributed by atoms with E-state index in [0.29, 0.717) is 12.8 Å². The molecule has 4 N–H and O–H groups in total. The van der Waals surface area contributed by atoms with Crippen LogP contribution in [0, 0.1) is 11.2 Å². The molecule has 0 spiro atoms. The zero-order chi connectivity index (χ0) is 21.1.